The molecule has 1 aliphatic heterocycles. The molecule has 1 aliphatic rings. The van der Waals surface area contributed by atoms with Gasteiger partial charge in [0.2, 0.25) is 0 Å². The summed E-state index contributed by atoms with van der Waals surface area (Å²) in [5.41, 5.74) is 6.44. The molecule has 0 N–H and O–H groups in total. The number of nitrogens with zero attached hydrogens (tertiary/aromatic N) is 5. The van der Waals surface area contributed by atoms with E-state index in [1.807, 2.05) is 77.3 Å². The fourth-order valence-electron chi connectivity index (χ4n) is 3.83. The topological polar surface area (TPSA) is 75.0 Å². The second-order valence-corrected chi connectivity index (χ2v) is 9.87. The van der Waals surface area contributed by atoms with Gasteiger partial charge in [-0.3, -0.25) is 4.40 Å². The molecule has 6 nitrogen and oxygen atoms in total. The number of rotatable bonds is 7. The highest BCUT2D eigenvalue weighted by molar-refractivity contribution is 9.10. The largest absolute Gasteiger partial charge is 0.390 e. The van der Waals surface area contributed by atoms with Crippen molar-refractivity contribution in [2.24, 2.45) is 9.55 Å². The van der Waals surface area contributed by atoms with Gasteiger partial charge in [-0.25, -0.2) is 9.38 Å². The summed E-state index contributed by atoms with van der Waals surface area (Å²) in [6, 6.07) is 23.9. The first-order chi connectivity index (χ1) is 16.7. The Morgan fingerprint density at radius 3 is 2.76 bits per heavy atom. The van der Waals surface area contributed by atoms with Crippen LogP contribution in [0.3, 0.4) is 0 Å². The summed E-state index contributed by atoms with van der Waals surface area (Å²) in [7, 11) is 0. The summed E-state index contributed by atoms with van der Waals surface area (Å²) < 4.78 is 7.52. The monoisotopic (exact) mass is 529 g/mol. The predicted octanol–water partition coefficient (Wildman–Crippen LogP) is 6.09. The van der Waals surface area contributed by atoms with Crippen LogP contribution in [0.15, 0.2) is 87.0 Å². The van der Waals surface area contributed by atoms with Crippen LogP contribution >= 0.6 is 27.9 Å². The third-order valence-corrected chi connectivity index (χ3v) is 6.95. The van der Waals surface area contributed by atoms with Crippen LogP contribution in [0.4, 0.5) is 0 Å². The average Bonchev–Trinajstić information content (AvgIpc) is 3.47. The minimum absolute atomic E-state index is 0.356. The van der Waals surface area contributed by atoms with E-state index in [9.17, 15) is 0 Å². The predicted molar refractivity (Wildman–Crippen MR) is 140 cm³/mol. The van der Waals surface area contributed by atoms with E-state index in [-0.39, 0.29) is 0 Å². The van der Waals surface area contributed by atoms with Crippen molar-refractivity contribution in [1.29, 1.82) is 5.26 Å². The number of imidazole rings is 1. The molecule has 0 bridgehead atoms. The Hall–Kier alpha value is -3.41. The maximum Gasteiger partial charge on any atom is 0.155 e. The van der Waals surface area contributed by atoms with E-state index in [0.29, 0.717) is 17.4 Å². The van der Waals surface area contributed by atoms with E-state index in [1.165, 1.54) is 5.56 Å². The van der Waals surface area contributed by atoms with Gasteiger partial charge < -0.3 is 4.84 Å². The molecule has 0 spiro atoms. The van der Waals surface area contributed by atoms with Gasteiger partial charge in [0.15, 0.2) is 6.61 Å². The standard InChI is InChI=1S/C26H20BrN5OS/c27-21-10-11-25-30-26(20-4-2-1-3-5-20)24(32(25)16-21)15-29-33-17-22-13-23(34-31-22)12-18-6-8-19(14-28)9-7-18/h1-11,15-16,23H,12-13,17H2/b29-15+. The molecule has 0 amide bonds. The molecule has 34 heavy (non-hydrogen) atoms. The Labute approximate surface area is 210 Å². The maximum absolute atomic E-state index is 8.94. The van der Waals surface area contributed by atoms with Gasteiger partial charge in [0.05, 0.1) is 34.9 Å². The molecule has 2 aromatic heterocycles. The summed E-state index contributed by atoms with van der Waals surface area (Å²) >= 11 is 5.12. The van der Waals surface area contributed by atoms with Crippen LogP contribution in [0.5, 0.6) is 0 Å². The lowest BCUT2D eigenvalue weighted by Gasteiger charge is -2.07. The minimum Gasteiger partial charge on any atom is -0.390 e. The Kier molecular flexibility index (Phi) is 6.74. The minimum atomic E-state index is 0.356. The lowest BCUT2D eigenvalue weighted by molar-refractivity contribution is 0.185. The Bertz CT molecular complexity index is 1410. The number of pyridine rings is 1. The third-order valence-electron chi connectivity index (χ3n) is 5.49. The number of hydrogen-bond donors (Lipinski definition) is 0. The highest BCUT2D eigenvalue weighted by Crippen LogP contribution is 2.28. The average molecular weight is 530 g/mol. The van der Waals surface area contributed by atoms with Gasteiger partial charge in [0.1, 0.15) is 5.65 Å². The van der Waals surface area contributed by atoms with Crippen molar-refractivity contribution >= 4 is 45.5 Å². The van der Waals surface area contributed by atoms with Gasteiger partial charge in [-0.1, -0.05) is 47.6 Å². The van der Waals surface area contributed by atoms with Crippen LogP contribution < -0.4 is 0 Å². The van der Waals surface area contributed by atoms with Gasteiger partial charge in [0, 0.05) is 27.9 Å². The normalized spacial score (nSPS) is 15.5. The highest BCUT2D eigenvalue weighted by Gasteiger charge is 2.21. The van der Waals surface area contributed by atoms with E-state index in [4.69, 9.17) is 15.1 Å². The van der Waals surface area contributed by atoms with Crippen molar-refractivity contribution in [1.82, 2.24) is 9.38 Å². The van der Waals surface area contributed by atoms with Gasteiger partial charge in [0.25, 0.3) is 0 Å². The Balaban J connectivity index is 1.24. The molecular formula is C26H20BrN5OS. The lowest BCUT2D eigenvalue weighted by atomic mass is 10.0. The molecule has 1 atom stereocenters. The molecule has 4 aromatic rings. The summed E-state index contributed by atoms with van der Waals surface area (Å²) in [5, 5.41) is 13.6. The molecule has 168 valence electrons. The molecule has 5 rings (SSSR count). The first kappa shape index (κ1) is 22.4. The molecule has 0 aliphatic carbocycles. The summed E-state index contributed by atoms with van der Waals surface area (Å²) in [6.45, 7) is 0.356. The number of hydrogen-bond acceptors (Lipinski definition) is 6. The second-order valence-electron chi connectivity index (χ2n) is 7.90. The first-order valence-electron chi connectivity index (χ1n) is 10.8. The van der Waals surface area contributed by atoms with Crippen LogP contribution in [-0.4, -0.2) is 33.2 Å². The quantitative estimate of drug-likeness (QED) is 0.165. The first-order valence-corrected chi connectivity index (χ1v) is 12.4. The zero-order valence-electron chi connectivity index (χ0n) is 18.1. The maximum atomic E-state index is 8.94. The van der Waals surface area contributed by atoms with Gasteiger partial charge in [-0.15, -0.1) is 0 Å². The van der Waals surface area contributed by atoms with Crippen LogP contribution in [0, 0.1) is 11.3 Å². The molecular weight excluding hydrogens is 510 g/mol. The Morgan fingerprint density at radius 1 is 1.15 bits per heavy atom. The molecule has 0 saturated carbocycles. The summed E-state index contributed by atoms with van der Waals surface area (Å²) in [6.07, 6.45) is 5.45. The van der Waals surface area contributed by atoms with Crippen LogP contribution in [-0.2, 0) is 11.3 Å². The second kappa shape index (κ2) is 10.2. The molecule has 0 fully saturated rings. The van der Waals surface area contributed by atoms with Gasteiger partial charge in [-0.05, 0) is 64.1 Å². The molecule has 0 radical (unpaired) electrons. The summed E-state index contributed by atoms with van der Waals surface area (Å²) in [5.74, 6) is 0. The fraction of sp³-hybridized carbons (Fsp3) is 0.154. The zero-order valence-corrected chi connectivity index (χ0v) is 20.5. The number of halogens is 1. The number of nitriles is 1. The van der Waals surface area contributed by atoms with Crippen molar-refractivity contribution in [3.05, 3.63) is 94.2 Å². The van der Waals surface area contributed by atoms with Crippen molar-refractivity contribution in [3.63, 3.8) is 0 Å². The van der Waals surface area contributed by atoms with E-state index >= 15 is 0 Å². The third kappa shape index (κ3) is 5.06. The smallest absolute Gasteiger partial charge is 0.155 e. The number of fused-ring (bicyclic) bond motifs is 1. The molecule has 1 unspecified atom stereocenters. The Morgan fingerprint density at radius 2 is 1.97 bits per heavy atom. The van der Waals surface area contributed by atoms with Crippen molar-refractivity contribution < 1.29 is 4.84 Å². The van der Waals surface area contributed by atoms with Gasteiger partial charge in [-0.2, -0.15) is 5.26 Å². The van der Waals surface area contributed by atoms with E-state index < -0.39 is 0 Å². The SMILES string of the molecule is N#Cc1ccc(CC2CC(CO/N=C/c3c(-c4ccccc4)nc4ccc(Br)cn34)=NS2)cc1. The highest BCUT2D eigenvalue weighted by atomic mass is 79.9. The van der Waals surface area contributed by atoms with Crippen LogP contribution in [0.25, 0.3) is 16.9 Å². The van der Waals surface area contributed by atoms with Gasteiger partial charge >= 0.3 is 0 Å². The molecule has 8 heteroatoms. The summed E-state index contributed by atoms with van der Waals surface area (Å²) in [4.78, 5) is 10.4. The number of benzene rings is 2. The van der Waals surface area contributed by atoms with E-state index in [2.05, 4.69) is 31.6 Å². The van der Waals surface area contributed by atoms with Crippen molar-refractivity contribution in [3.8, 4) is 17.3 Å². The van der Waals surface area contributed by atoms with Crippen molar-refractivity contribution in [2.45, 2.75) is 18.1 Å². The fourth-order valence-corrected chi connectivity index (χ4v) is 5.12. The van der Waals surface area contributed by atoms with E-state index in [0.717, 1.165) is 45.6 Å². The molecule has 3 heterocycles. The van der Waals surface area contributed by atoms with Crippen molar-refractivity contribution in [2.75, 3.05) is 6.61 Å². The number of aromatic nitrogens is 2. The van der Waals surface area contributed by atoms with Crippen LogP contribution in [0.2, 0.25) is 0 Å². The molecule has 0 saturated heterocycles. The van der Waals surface area contributed by atoms with E-state index in [1.54, 1.807) is 18.2 Å². The molecule has 2 aromatic carbocycles. The number of oxime groups is 1. The zero-order chi connectivity index (χ0) is 23.3. The van der Waals surface area contributed by atoms with Crippen LogP contribution in [0.1, 0.15) is 23.2 Å². The lowest BCUT2D eigenvalue weighted by Crippen LogP contribution is -2.11.